The van der Waals surface area contributed by atoms with E-state index < -0.39 is 0 Å². The average molecular weight is 428 g/mol. The third-order valence-corrected chi connectivity index (χ3v) is 6.86. The Morgan fingerprint density at radius 1 is 1.26 bits per heavy atom. The fourth-order valence-corrected chi connectivity index (χ4v) is 4.35. The minimum absolute atomic E-state index is 0.0795. The van der Waals surface area contributed by atoms with E-state index in [0.717, 1.165) is 44.8 Å². The summed E-state index contributed by atoms with van der Waals surface area (Å²) < 4.78 is 0. The van der Waals surface area contributed by atoms with Gasteiger partial charge in [-0.25, -0.2) is 5.01 Å². The number of amides is 1. The van der Waals surface area contributed by atoms with E-state index in [1.54, 1.807) is 0 Å². The molecule has 1 saturated carbocycles. The molecule has 0 aromatic heterocycles. The van der Waals surface area contributed by atoms with E-state index in [2.05, 4.69) is 52.8 Å². The van der Waals surface area contributed by atoms with Crippen molar-refractivity contribution in [2.24, 2.45) is 5.92 Å². The number of likely N-dealkylation sites (N-methyl/N-ethyl adjacent to an activating group) is 1. The lowest BCUT2D eigenvalue weighted by Gasteiger charge is -2.36. The minimum Gasteiger partial charge on any atom is -0.368 e. The molecular formula is C25H41N5O. The lowest BCUT2D eigenvalue weighted by molar-refractivity contribution is -0.125. The van der Waals surface area contributed by atoms with E-state index in [0.29, 0.717) is 18.5 Å². The van der Waals surface area contributed by atoms with Crippen molar-refractivity contribution in [3.63, 3.8) is 0 Å². The van der Waals surface area contributed by atoms with Gasteiger partial charge in [0.25, 0.3) is 0 Å². The van der Waals surface area contributed by atoms with Gasteiger partial charge in [-0.1, -0.05) is 37.6 Å². The van der Waals surface area contributed by atoms with Gasteiger partial charge in [-0.3, -0.25) is 14.7 Å². The van der Waals surface area contributed by atoms with Crippen molar-refractivity contribution in [2.45, 2.75) is 58.5 Å². The van der Waals surface area contributed by atoms with E-state index in [4.69, 9.17) is 0 Å². The molecule has 1 fully saturated rings. The zero-order valence-electron chi connectivity index (χ0n) is 19.9. The Morgan fingerprint density at radius 2 is 2.00 bits per heavy atom. The molecule has 1 aliphatic heterocycles. The minimum atomic E-state index is 0.0795. The Bertz CT molecular complexity index is 745. The third kappa shape index (κ3) is 6.71. The number of nitrogens with one attached hydrogen (secondary N) is 2. The highest BCUT2D eigenvalue weighted by Gasteiger charge is 2.22. The normalized spacial score (nSPS) is 18.3. The van der Waals surface area contributed by atoms with Crippen molar-refractivity contribution in [3.8, 4) is 0 Å². The van der Waals surface area contributed by atoms with Crippen LogP contribution in [0.15, 0.2) is 36.2 Å². The van der Waals surface area contributed by atoms with Crippen LogP contribution >= 0.6 is 0 Å². The highest BCUT2D eigenvalue weighted by Crippen LogP contribution is 2.21. The quantitative estimate of drug-likeness (QED) is 0.532. The van der Waals surface area contributed by atoms with Crippen LogP contribution in [-0.4, -0.2) is 67.1 Å². The SMILES string of the molecule is C/C=C(/NC1CCC1)N(C)N(C)CC(=O)NCC(CC)CN1CCc2ccccc2C1. The van der Waals surface area contributed by atoms with Crippen molar-refractivity contribution in [1.29, 1.82) is 0 Å². The molecule has 2 aliphatic rings. The lowest BCUT2D eigenvalue weighted by Crippen LogP contribution is -2.49. The van der Waals surface area contributed by atoms with Crippen LogP contribution < -0.4 is 10.6 Å². The van der Waals surface area contributed by atoms with Crippen molar-refractivity contribution < 1.29 is 4.79 Å². The maximum atomic E-state index is 12.6. The average Bonchev–Trinajstić information content (AvgIpc) is 2.75. The number of nitrogens with zero attached hydrogens (tertiary/aromatic N) is 3. The predicted molar refractivity (Wildman–Crippen MR) is 127 cm³/mol. The second kappa shape index (κ2) is 11.5. The summed E-state index contributed by atoms with van der Waals surface area (Å²) in [6, 6.07) is 9.33. The predicted octanol–water partition coefficient (Wildman–Crippen LogP) is 2.97. The van der Waals surface area contributed by atoms with Gasteiger partial charge < -0.3 is 10.6 Å². The highest BCUT2D eigenvalue weighted by atomic mass is 16.2. The van der Waals surface area contributed by atoms with Crippen LogP contribution in [0.2, 0.25) is 0 Å². The zero-order chi connectivity index (χ0) is 22.2. The van der Waals surface area contributed by atoms with Gasteiger partial charge in [-0.2, -0.15) is 0 Å². The number of carbonyl (C=O) groups excluding carboxylic acids is 1. The number of benzene rings is 1. The van der Waals surface area contributed by atoms with Crippen LogP contribution in [0.3, 0.4) is 0 Å². The largest absolute Gasteiger partial charge is 0.368 e. The van der Waals surface area contributed by atoms with Crippen LogP contribution in [0.4, 0.5) is 0 Å². The molecular weight excluding hydrogens is 386 g/mol. The molecule has 1 amide bonds. The number of fused-ring (bicyclic) bond motifs is 1. The van der Waals surface area contributed by atoms with Crippen molar-refractivity contribution in [2.75, 3.05) is 40.3 Å². The van der Waals surface area contributed by atoms with E-state index in [-0.39, 0.29) is 5.91 Å². The smallest absolute Gasteiger partial charge is 0.236 e. The highest BCUT2D eigenvalue weighted by molar-refractivity contribution is 5.77. The van der Waals surface area contributed by atoms with Crippen molar-refractivity contribution in [3.05, 3.63) is 47.3 Å². The molecule has 0 spiro atoms. The second-order valence-corrected chi connectivity index (χ2v) is 9.12. The van der Waals surface area contributed by atoms with E-state index in [1.807, 2.05) is 31.0 Å². The van der Waals surface area contributed by atoms with Crippen molar-refractivity contribution >= 4 is 5.91 Å². The summed E-state index contributed by atoms with van der Waals surface area (Å²) in [5.41, 5.74) is 2.94. The van der Waals surface area contributed by atoms with Gasteiger partial charge in [-0.15, -0.1) is 0 Å². The third-order valence-electron chi connectivity index (χ3n) is 6.86. The summed E-state index contributed by atoms with van der Waals surface area (Å²) in [5.74, 6) is 1.62. The molecule has 31 heavy (non-hydrogen) atoms. The number of hydrazine groups is 1. The van der Waals surface area contributed by atoms with Crippen LogP contribution in [0.5, 0.6) is 0 Å². The maximum absolute atomic E-state index is 12.6. The molecule has 1 aliphatic carbocycles. The van der Waals surface area contributed by atoms with Gasteiger partial charge in [0.1, 0.15) is 5.82 Å². The summed E-state index contributed by atoms with van der Waals surface area (Å²) >= 11 is 0. The van der Waals surface area contributed by atoms with Crippen LogP contribution in [0.1, 0.15) is 50.7 Å². The Morgan fingerprint density at radius 3 is 2.65 bits per heavy atom. The Labute approximate surface area is 188 Å². The molecule has 1 heterocycles. The Hall–Kier alpha value is -2.05. The number of hydrogen-bond donors (Lipinski definition) is 2. The number of hydrogen-bond acceptors (Lipinski definition) is 5. The second-order valence-electron chi connectivity index (χ2n) is 9.12. The van der Waals surface area contributed by atoms with Crippen molar-refractivity contribution in [1.82, 2.24) is 25.6 Å². The fourth-order valence-electron chi connectivity index (χ4n) is 4.35. The van der Waals surface area contributed by atoms with Crippen LogP contribution in [-0.2, 0) is 17.8 Å². The van der Waals surface area contributed by atoms with Gasteiger partial charge in [-0.05, 0) is 55.7 Å². The van der Waals surface area contributed by atoms with Crippen LogP contribution in [0.25, 0.3) is 0 Å². The monoisotopic (exact) mass is 427 g/mol. The molecule has 0 radical (unpaired) electrons. The van der Waals surface area contributed by atoms with Crippen LogP contribution in [0, 0.1) is 5.92 Å². The van der Waals surface area contributed by atoms with Gasteiger partial charge in [0.2, 0.25) is 5.91 Å². The van der Waals surface area contributed by atoms with Gasteiger partial charge in [0.15, 0.2) is 0 Å². The Balaban J connectivity index is 1.41. The molecule has 2 N–H and O–H groups in total. The van der Waals surface area contributed by atoms with Gasteiger partial charge in [0.05, 0.1) is 6.54 Å². The standard InChI is InChI=1S/C25H41N5O/c1-5-20(17-30-15-14-21-10-7-8-11-22(21)18-30)16-26-25(31)19-28(3)29(4)24(6-2)27-23-12-9-13-23/h6-8,10-11,20,23,27H,5,9,12-19H2,1-4H3,(H,26,31)/b24-6-. The summed E-state index contributed by atoms with van der Waals surface area (Å²) in [6.07, 6.45) is 8.04. The van der Waals surface area contributed by atoms with E-state index >= 15 is 0 Å². The molecule has 1 aromatic carbocycles. The first-order valence-electron chi connectivity index (χ1n) is 11.9. The molecule has 6 heteroatoms. The number of allylic oxidation sites excluding steroid dienone is 1. The van der Waals surface area contributed by atoms with Gasteiger partial charge >= 0.3 is 0 Å². The zero-order valence-corrected chi connectivity index (χ0v) is 19.9. The first-order valence-corrected chi connectivity index (χ1v) is 11.9. The first kappa shape index (κ1) is 23.6. The topological polar surface area (TPSA) is 50.9 Å². The first-order chi connectivity index (χ1) is 15.0. The molecule has 0 saturated heterocycles. The van der Waals surface area contributed by atoms with Gasteiger partial charge in [0, 0.05) is 46.3 Å². The lowest BCUT2D eigenvalue weighted by atomic mass is 9.93. The summed E-state index contributed by atoms with van der Waals surface area (Å²) in [4.78, 5) is 15.1. The molecule has 172 valence electrons. The fraction of sp³-hybridized carbons (Fsp3) is 0.640. The molecule has 1 unspecified atom stereocenters. The summed E-state index contributed by atoms with van der Waals surface area (Å²) in [7, 11) is 3.98. The van der Waals surface area contributed by atoms with E-state index in [1.165, 1.54) is 30.4 Å². The Kier molecular flexibility index (Phi) is 8.79. The molecule has 1 aromatic rings. The molecule has 6 nitrogen and oxygen atoms in total. The summed E-state index contributed by atoms with van der Waals surface area (Å²) in [5, 5.41) is 10.8. The summed E-state index contributed by atoms with van der Waals surface area (Å²) in [6.45, 7) is 8.52. The van der Waals surface area contributed by atoms with E-state index in [9.17, 15) is 4.79 Å². The molecule has 0 bridgehead atoms. The maximum Gasteiger partial charge on any atom is 0.236 e. The molecule has 1 atom stereocenters. The number of carbonyl (C=O) groups is 1. The molecule has 3 rings (SSSR count). The number of rotatable bonds is 11.